The molecule has 3 rings (SSSR count). The third-order valence-electron chi connectivity index (χ3n) is 4.95. The van der Waals surface area contributed by atoms with E-state index in [0.29, 0.717) is 13.1 Å². The third-order valence-corrected chi connectivity index (χ3v) is 4.95. The Labute approximate surface area is 152 Å². The Kier molecular flexibility index (Phi) is 5.30. The molecule has 26 heavy (non-hydrogen) atoms. The van der Waals surface area contributed by atoms with Crippen molar-refractivity contribution in [1.82, 2.24) is 10.2 Å². The lowest BCUT2D eigenvalue weighted by atomic mass is 9.89. The van der Waals surface area contributed by atoms with Crippen molar-refractivity contribution in [2.24, 2.45) is 0 Å². The van der Waals surface area contributed by atoms with E-state index in [2.05, 4.69) is 5.32 Å². The van der Waals surface area contributed by atoms with Crippen molar-refractivity contribution in [3.63, 3.8) is 0 Å². The molecule has 0 saturated carbocycles. The molecule has 0 aromatic heterocycles. The Hall–Kier alpha value is -2.76. The number of urea groups is 1. The topological polar surface area (TPSA) is 72.8 Å². The van der Waals surface area contributed by atoms with Gasteiger partial charge < -0.3 is 20.4 Å². The zero-order valence-electron chi connectivity index (χ0n) is 14.7. The van der Waals surface area contributed by atoms with Gasteiger partial charge in [-0.15, -0.1) is 0 Å². The van der Waals surface area contributed by atoms with E-state index in [1.165, 1.54) is 18.2 Å². The summed E-state index contributed by atoms with van der Waals surface area (Å²) in [6.45, 7) is 3.05. The average Bonchev–Trinajstić information content (AvgIpc) is 2.62. The smallest absolute Gasteiger partial charge is 0.317 e. The summed E-state index contributed by atoms with van der Waals surface area (Å²) in [5.41, 5.74) is 1.66. The first kappa shape index (κ1) is 18.0. The first-order valence-electron chi connectivity index (χ1n) is 8.77. The summed E-state index contributed by atoms with van der Waals surface area (Å²) < 4.78 is 13.0. The molecule has 1 heterocycles. The number of piperidine rings is 1. The molecule has 2 aromatic rings. The van der Waals surface area contributed by atoms with Gasteiger partial charge in [0.15, 0.2) is 0 Å². The largest absolute Gasteiger partial charge is 0.508 e. The Morgan fingerprint density at radius 2 is 1.81 bits per heavy atom. The van der Waals surface area contributed by atoms with E-state index in [0.717, 1.165) is 24.0 Å². The van der Waals surface area contributed by atoms with Gasteiger partial charge in [-0.05, 0) is 55.0 Å². The van der Waals surface area contributed by atoms with Crippen molar-refractivity contribution in [2.75, 3.05) is 13.1 Å². The van der Waals surface area contributed by atoms with E-state index < -0.39 is 0 Å². The monoisotopic (exact) mass is 358 g/mol. The van der Waals surface area contributed by atoms with Crippen molar-refractivity contribution in [2.45, 2.75) is 31.7 Å². The van der Waals surface area contributed by atoms with Crippen molar-refractivity contribution in [3.05, 3.63) is 59.4 Å². The van der Waals surface area contributed by atoms with Gasteiger partial charge in [0.2, 0.25) is 0 Å². The van der Waals surface area contributed by atoms with Gasteiger partial charge in [-0.2, -0.15) is 0 Å². The number of amides is 2. The molecule has 3 N–H and O–H groups in total. The van der Waals surface area contributed by atoms with Gasteiger partial charge in [0.05, 0.1) is 6.04 Å². The number of nitrogens with zero attached hydrogens (tertiary/aromatic N) is 1. The molecular formula is C20H23FN2O3. The van der Waals surface area contributed by atoms with Gasteiger partial charge in [-0.25, -0.2) is 9.18 Å². The summed E-state index contributed by atoms with van der Waals surface area (Å²) in [5.74, 6) is -0.00307. The molecule has 0 spiro atoms. The number of benzene rings is 2. The molecular weight excluding hydrogens is 335 g/mol. The van der Waals surface area contributed by atoms with Crippen LogP contribution in [0.3, 0.4) is 0 Å². The molecule has 0 bridgehead atoms. The first-order valence-corrected chi connectivity index (χ1v) is 8.77. The van der Waals surface area contributed by atoms with Gasteiger partial charge in [-0.3, -0.25) is 0 Å². The molecule has 2 amide bonds. The van der Waals surface area contributed by atoms with Crippen LogP contribution in [0.15, 0.2) is 42.5 Å². The standard InChI is InChI=1S/C20H23FN2O3/c1-13(14-2-4-16(21)5-3-14)22-20(26)23-10-8-15(9-11-23)18-7-6-17(24)12-19(18)25/h2-7,12-13,15,24-25H,8-11H2,1H3,(H,22,26)/t13-/m0/s1. The highest BCUT2D eigenvalue weighted by Crippen LogP contribution is 2.35. The molecule has 1 saturated heterocycles. The van der Waals surface area contributed by atoms with Crippen LogP contribution in [0.2, 0.25) is 0 Å². The second kappa shape index (κ2) is 7.64. The van der Waals surface area contributed by atoms with E-state index in [4.69, 9.17) is 0 Å². The predicted octanol–water partition coefficient (Wildman–Crippen LogP) is 3.89. The minimum Gasteiger partial charge on any atom is -0.508 e. The fourth-order valence-corrected chi connectivity index (χ4v) is 3.38. The number of halogens is 1. The van der Waals surface area contributed by atoms with Gasteiger partial charge in [0, 0.05) is 19.2 Å². The molecule has 1 aliphatic rings. The number of phenolic OH excluding ortho intramolecular Hbond substituents is 2. The van der Waals surface area contributed by atoms with E-state index >= 15 is 0 Å². The SMILES string of the molecule is C[C@H](NC(=O)N1CCC(c2ccc(O)cc2O)CC1)c1ccc(F)cc1. The maximum absolute atomic E-state index is 13.0. The van der Waals surface area contributed by atoms with Crippen LogP contribution in [-0.2, 0) is 0 Å². The van der Waals surface area contributed by atoms with Crippen LogP contribution in [0.25, 0.3) is 0 Å². The summed E-state index contributed by atoms with van der Waals surface area (Å²) in [7, 11) is 0. The molecule has 138 valence electrons. The van der Waals surface area contributed by atoms with Crippen molar-refractivity contribution < 1.29 is 19.4 Å². The van der Waals surface area contributed by atoms with Crippen LogP contribution < -0.4 is 5.32 Å². The summed E-state index contributed by atoms with van der Waals surface area (Å²) in [4.78, 5) is 14.2. The highest BCUT2D eigenvalue weighted by atomic mass is 19.1. The van der Waals surface area contributed by atoms with Crippen LogP contribution in [0.1, 0.15) is 42.9 Å². The maximum atomic E-state index is 13.0. The number of hydrogen-bond acceptors (Lipinski definition) is 3. The minimum atomic E-state index is -0.299. The second-order valence-electron chi connectivity index (χ2n) is 6.73. The lowest BCUT2D eigenvalue weighted by Crippen LogP contribution is -2.44. The molecule has 1 fully saturated rings. The van der Waals surface area contributed by atoms with Gasteiger partial charge >= 0.3 is 6.03 Å². The minimum absolute atomic E-state index is 0.0397. The maximum Gasteiger partial charge on any atom is 0.317 e. The highest BCUT2D eigenvalue weighted by Gasteiger charge is 2.26. The Morgan fingerprint density at radius 3 is 2.42 bits per heavy atom. The van der Waals surface area contributed by atoms with Crippen LogP contribution in [0.5, 0.6) is 11.5 Å². The summed E-state index contributed by atoms with van der Waals surface area (Å²) >= 11 is 0. The van der Waals surface area contributed by atoms with Crippen molar-refractivity contribution in [1.29, 1.82) is 0 Å². The Morgan fingerprint density at radius 1 is 1.15 bits per heavy atom. The van der Waals surface area contributed by atoms with Crippen molar-refractivity contribution >= 4 is 6.03 Å². The van der Waals surface area contributed by atoms with Gasteiger partial charge in [-0.1, -0.05) is 18.2 Å². The molecule has 0 aliphatic carbocycles. The molecule has 1 aliphatic heterocycles. The number of phenols is 2. The second-order valence-corrected chi connectivity index (χ2v) is 6.73. The Balaban J connectivity index is 1.55. The average molecular weight is 358 g/mol. The lowest BCUT2D eigenvalue weighted by molar-refractivity contribution is 0.178. The molecule has 6 heteroatoms. The van der Waals surface area contributed by atoms with E-state index in [1.54, 1.807) is 29.2 Å². The van der Waals surface area contributed by atoms with E-state index in [9.17, 15) is 19.4 Å². The highest BCUT2D eigenvalue weighted by molar-refractivity contribution is 5.74. The fraction of sp³-hybridized carbons (Fsp3) is 0.350. The number of nitrogens with one attached hydrogen (secondary N) is 1. The zero-order valence-corrected chi connectivity index (χ0v) is 14.7. The third kappa shape index (κ3) is 4.07. The lowest BCUT2D eigenvalue weighted by Gasteiger charge is -2.33. The quantitative estimate of drug-likeness (QED) is 0.779. The van der Waals surface area contributed by atoms with Crippen LogP contribution >= 0.6 is 0 Å². The van der Waals surface area contributed by atoms with Gasteiger partial charge in [0.25, 0.3) is 0 Å². The van der Waals surface area contributed by atoms with Crippen LogP contribution in [0.4, 0.5) is 9.18 Å². The molecule has 2 aromatic carbocycles. The predicted molar refractivity (Wildman–Crippen MR) is 96.7 cm³/mol. The van der Waals surface area contributed by atoms with Crippen LogP contribution in [0, 0.1) is 5.82 Å². The number of likely N-dealkylation sites (tertiary alicyclic amines) is 1. The number of rotatable bonds is 3. The molecule has 0 radical (unpaired) electrons. The van der Waals surface area contributed by atoms with Crippen molar-refractivity contribution in [3.8, 4) is 11.5 Å². The van der Waals surface area contributed by atoms with Crippen LogP contribution in [-0.4, -0.2) is 34.2 Å². The first-order chi connectivity index (χ1) is 12.4. The normalized spacial score (nSPS) is 16.3. The summed E-state index contributed by atoms with van der Waals surface area (Å²) in [5, 5.41) is 22.3. The number of carbonyl (C=O) groups excluding carboxylic acids is 1. The number of carbonyl (C=O) groups is 1. The summed E-state index contributed by atoms with van der Waals surface area (Å²) in [6, 6.07) is 10.4. The van der Waals surface area contributed by atoms with Gasteiger partial charge in [0.1, 0.15) is 17.3 Å². The Bertz CT molecular complexity index is 771. The van der Waals surface area contributed by atoms with E-state index in [-0.39, 0.29) is 35.3 Å². The number of aromatic hydroxyl groups is 2. The molecule has 5 nitrogen and oxygen atoms in total. The molecule has 1 atom stereocenters. The number of hydrogen-bond donors (Lipinski definition) is 3. The summed E-state index contributed by atoms with van der Waals surface area (Å²) in [6.07, 6.45) is 1.49. The zero-order chi connectivity index (χ0) is 18.7. The molecule has 0 unspecified atom stereocenters. The van der Waals surface area contributed by atoms with E-state index in [1.807, 2.05) is 6.92 Å². The fourth-order valence-electron chi connectivity index (χ4n) is 3.38.